The molecule has 1 aromatic carbocycles. The molecular weight excluding hydrogens is 396 g/mol. The van der Waals surface area contributed by atoms with Gasteiger partial charge in [-0.3, -0.25) is 9.59 Å². The highest BCUT2D eigenvalue weighted by Crippen LogP contribution is 2.31. The number of amides is 2. The van der Waals surface area contributed by atoms with E-state index in [2.05, 4.69) is 42.5 Å². The highest BCUT2D eigenvalue weighted by atomic mass is 79.9. The Labute approximate surface area is 131 Å². The maximum atomic E-state index is 12.0. The summed E-state index contributed by atoms with van der Waals surface area (Å²) in [4.78, 5) is 34.4. The van der Waals surface area contributed by atoms with Crippen LogP contribution >= 0.6 is 31.9 Å². The molecule has 0 aromatic heterocycles. The third-order valence-corrected chi connectivity index (χ3v) is 3.97. The zero-order valence-electron chi connectivity index (χ0n) is 10.1. The topological polar surface area (TPSA) is 95.5 Å². The molecule has 0 spiro atoms. The number of nitrogens with one attached hydrogen (secondary N) is 2. The molecule has 0 radical (unpaired) electrons. The number of anilines is 1. The van der Waals surface area contributed by atoms with E-state index in [0.717, 1.165) is 0 Å². The van der Waals surface area contributed by atoms with E-state index in [1.54, 1.807) is 6.07 Å². The van der Waals surface area contributed by atoms with Crippen LogP contribution in [0.3, 0.4) is 0 Å². The summed E-state index contributed by atoms with van der Waals surface area (Å²) >= 11 is 6.42. The largest absolute Gasteiger partial charge is 0.478 e. The predicted octanol–water partition coefficient (Wildman–Crippen LogP) is 1.98. The second-order valence-electron chi connectivity index (χ2n) is 4.31. The summed E-state index contributed by atoms with van der Waals surface area (Å²) in [6, 6.07) is 3.04. The molecule has 0 saturated carbocycles. The monoisotopic (exact) mass is 404 g/mol. The lowest BCUT2D eigenvalue weighted by molar-refractivity contribution is -0.123. The number of halogens is 2. The van der Waals surface area contributed by atoms with Crippen molar-refractivity contribution in [1.29, 1.82) is 0 Å². The molecule has 2 amide bonds. The highest BCUT2D eigenvalue weighted by molar-refractivity contribution is 9.11. The van der Waals surface area contributed by atoms with Crippen LogP contribution in [0.25, 0.3) is 0 Å². The molecule has 1 aromatic rings. The lowest BCUT2D eigenvalue weighted by Gasteiger charge is -2.13. The molecule has 1 aliphatic heterocycles. The van der Waals surface area contributed by atoms with Crippen molar-refractivity contribution < 1.29 is 19.5 Å². The molecular formula is C12H10Br2N2O4. The second-order valence-corrected chi connectivity index (χ2v) is 6.08. The summed E-state index contributed by atoms with van der Waals surface area (Å²) in [6.07, 6.45) is 0.113. The van der Waals surface area contributed by atoms with E-state index in [1.807, 2.05) is 0 Å². The fourth-order valence-electron chi connectivity index (χ4n) is 1.89. The van der Waals surface area contributed by atoms with Crippen LogP contribution < -0.4 is 10.6 Å². The van der Waals surface area contributed by atoms with Gasteiger partial charge in [-0.05, 0) is 28.1 Å². The average Bonchev–Trinajstić information content (AvgIpc) is 2.78. The number of carbonyl (C=O) groups is 3. The third kappa shape index (κ3) is 3.18. The second kappa shape index (κ2) is 5.92. The fourth-order valence-corrected chi connectivity index (χ4v) is 3.21. The summed E-state index contributed by atoms with van der Waals surface area (Å²) < 4.78 is 1.03. The minimum atomic E-state index is -1.15. The highest BCUT2D eigenvalue weighted by Gasteiger charge is 2.29. The van der Waals surface area contributed by atoms with Crippen molar-refractivity contribution in [2.75, 3.05) is 11.9 Å². The summed E-state index contributed by atoms with van der Waals surface area (Å²) in [7, 11) is 0. The van der Waals surface area contributed by atoms with Gasteiger partial charge in [-0.2, -0.15) is 0 Å². The number of carbonyl (C=O) groups excluding carboxylic acids is 2. The van der Waals surface area contributed by atoms with Crippen LogP contribution in [-0.2, 0) is 9.59 Å². The quantitative estimate of drug-likeness (QED) is 0.716. The van der Waals surface area contributed by atoms with Gasteiger partial charge in [-0.15, -0.1) is 0 Å². The number of hydrogen-bond acceptors (Lipinski definition) is 3. The molecule has 2 rings (SSSR count). The van der Waals surface area contributed by atoms with Crippen molar-refractivity contribution in [3.05, 3.63) is 26.6 Å². The van der Waals surface area contributed by atoms with Gasteiger partial charge in [0.2, 0.25) is 11.8 Å². The van der Waals surface area contributed by atoms with Crippen LogP contribution in [0, 0.1) is 5.92 Å². The lowest BCUT2D eigenvalue weighted by Crippen LogP contribution is -2.25. The van der Waals surface area contributed by atoms with Gasteiger partial charge in [0.25, 0.3) is 0 Å². The Balaban J connectivity index is 2.26. The Kier molecular flexibility index (Phi) is 4.44. The van der Waals surface area contributed by atoms with Gasteiger partial charge in [-0.25, -0.2) is 4.79 Å². The molecule has 6 nitrogen and oxygen atoms in total. The van der Waals surface area contributed by atoms with Gasteiger partial charge in [0.05, 0.1) is 17.2 Å². The smallest absolute Gasteiger partial charge is 0.337 e. The Bertz CT molecular complexity index is 603. The maximum absolute atomic E-state index is 12.0. The third-order valence-electron chi connectivity index (χ3n) is 2.88. The Morgan fingerprint density at radius 2 is 2.05 bits per heavy atom. The first-order valence-corrected chi connectivity index (χ1v) is 7.27. The standard InChI is InChI=1S/C12H10Br2N2O4/c13-6-2-7(12(19)20)10(8(14)3-6)16-11(18)5-1-9(17)15-4-5/h2-3,5H,1,4H2,(H,15,17)(H,16,18)(H,19,20). The van der Waals surface area contributed by atoms with E-state index in [-0.39, 0.29) is 36.0 Å². The number of rotatable bonds is 3. The van der Waals surface area contributed by atoms with Gasteiger partial charge >= 0.3 is 5.97 Å². The van der Waals surface area contributed by atoms with E-state index in [0.29, 0.717) is 8.95 Å². The van der Waals surface area contributed by atoms with E-state index < -0.39 is 11.9 Å². The molecule has 0 bridgehead atoms. The maximum Gasteiger partial charge on any atom is 0.337 e. The molecule has 20 heavy (non-hydrogen) atoms. The summed E-state index contributed by atoms with van der Waals surface area (Å²) in [6.45, 7) is 0.265. The molecule has 1 atom stereocenters. The van der Waals surface area contributed by atoms with Crippen LogP contribution in [0.2, 0.25) is 0 Å². The van der Waals surface area contributed by atoms with Crippen molar-refractivity contribution in [1.82, 2.24) is 5.32 Å². The summed E-state index contributed by atoms with van der Waals surface area (Å²) in [5.41, 5.74) is 0.155. The molecule has 1 heterocycles. The van der Waals surface area contributed by atoms with Gasteiger partial charge in [0.15, 0.2) is 0 Å². The van der Waals surface area contributed by atoms with Gasteiger partial charge in [0.1, 0.15) is 0 Å². The van der Waals surface area contributed by atoms with E-state index in [9.17, 15) is 19.5 Å². The zero-order valence-corrected chi connectivity index (χ0v) is 13.2. The predicted molar refractivity (Wildman–Crippen MR) is 78.5 cm³/mol. The minimum Gasteiger partial charge on any atom is -0.478 e. The first-order chi connectivity index (χ1) is 9.38. The van der Waals surface area contributed by atoms with E-state index >= 15 is 0 Å². The van der Waals surface area contributed by atoms with Crippen LogP contribution in [0.15, 0.2) is 21.1 Å². The zero-order chi connectivity index (χ0) is 14.9. The summed E-state index contributed by atoms with van der Waals surface area (Å²) in [5.74, 6) is -2.20. The van der Waals surface area contributed by atoms with E-state index in [4.69, 9.17) is 0 Å². The lowest BCUT2D eigenvalue weighted by atomic mass is 10.1. The number of aromatic carboxylic acids is 1. The van der Waals surface area contributed by atoms with Crippen molar-refractivity contribution in [2.24, 2.45) is 5.92 Å². The number of carboxylic acids is 1. The first kappa shape index (κ1) is 15.0. The molecule has 1 aliphatic rings. The van der Waals surface area contributed by atoms with Crippen molar-refractivity contribution >= 4 is 55.3 Å². The van der Waals surface area contributed by atoms with Gasteiger partial charge in [-0.1, -0.05) is 15.9 Å². The average molecular weight is 406 g/mol. The van der Waals surface area contributed by atoms with Crippen molar-refractivity contribution in [3.8, 4) is 0 Å². The number of benzene rings is 1. The fraction of sp³-hybridized carbons (Fsp3) is 0.250. The molecule has 1 fully saturated rings. The van der Waals surface area contributed by atoms with Gasteiger partial charge < -0.3 is 15.7 Å². The number of hydrogen-bond donors (Lipinski definition) is 3. The Morgan fingerprint density at radius 1 is 1.35 bits per heavy atom. The molecule has 106 valence electrons. The minimum absolute atomic E-state index is 0.0307. The van der Waals surface area contributed by atoms with Crippen LogP contribution in [0.5, 0.6) is 0 Å². The molecule has 0 aliphatic carbocycles. The number of carboxylic acid groups (broad SMARTS) is 1. The SMILES string of the molecule is O=C1CC(C(=O)Nc2c(Br)cc(Br)cc2C(=O)O)CN1. The first-order valence-electron chi connectivity index (χ1n) is 5.68. The molecule has 1 saturated heterocycles. The molecule has 3 N–H and O–H groups in total. The Morgan fingerprint density at radius 3 is 2.60 bits per heavy atom. The van der Waals surface area contributed by atoms with Crippen LogP contribution in [0.4, 0.5) is 5.69 Å². The van der Waals surface area contributed by atoms with Crippen molar-refractivity contribution in [3.63, 3.8) is 0 Å². The van der Waals surface area contributed by atoms with Crippen LogP contribution in [0.1, 0.15) is 16.8 Å². The Hall–Kier alpha value is -1.41. The van der Waals surface area contributed by atoms with Gasteiger partial charge in [0, 0.05) is 21.9 Å². The molecule has 8 heteroatoms. The normalized spacial score (nSPS) is 17.7. The molecule has 1 unspecified atom stereocenters. The van der Waals surface area contributed by atoms with Crippen molar-refractivity contribution in [2.45, 2.75) is 6.42 Å². The van der Waals surface area contributed by atoms with E-state index in [1.165, 1.54) is 6.07 Å². The van der Waals surface area contributed by atoms with Crippen LogP contribution in [-0.4, -0.2) is 29.4 Å². The summed E-state index contributed by atoms with van der Waals surface area (Å²) in [5, 5.41) is 14.3.